The van der Waals surface area contributed by atoms with Gasteiger partial charge in [0.15, 0.2) is 0 Å². The van der Waals surface area contributed by atoms with E-state index in [4.69, 9.17) is 0 Å². The molecule has 5 rings (SSSR count). The minimum absolute atomic E-state index is 0.127. The van der Waals surface area contributed by atoms with Crippen LogP contribution in [0.15, 0.2) is 54.2 Å². The number of amides is 1. The van der Waals surface area contributed by atoms with Crippen LogP contribution in [0.4, 0.5) is 11.4 Å². The quantitative estimate of drug-likeness (QED) is 0.806. The van der Waals surface area contributed by atoms with Crippen LogP contribution in [0, 0.1) is 0 Å². The minimum Gasteiger partial charge on any atom is -0.380 e. The molecule has 1 amide bonds. The Bertz CT molecular complexity index is 999. The van der Waals surface area contributed by atoms with Crippen molar-refractivity contribution in [3.05, 3.63) is 70.9 Å². The standard InChI is InChI=1S/C23H24N4O/c1-26-10-12-27(13-11-26)23(28)17-7-8-20-16(14-17)6-9-22(25-20)19-15-24-21-5-3-2-4-18(19)21/h2-9,14,24-25H,10-13,15H2,1H3. The Kier molecular flexibility index (Phi) is 4.17. The average Bonchev–Trinajstić information content (AvgIpc) is 3.17. The fraction of sp³-hybridized carbons (Fsp3) is 0.261. The molecule has 5 heteroatoms. The number of hydrogen-bond acceptors (Lipinski definition) is 4. The predicted molar refractivity (Wildman–Crippen MR) is 114 cm³/mol. The van der Waals surface area contributed by atoms with E-state index in [9.17, 15) is 4.79 Å². The summed E-state index contributed by atoms with van der Waals surface area (Å²) in [5, 5.41) is 7.00. The highest BCUT2D eigenvalue weighted by atomic mass is 16.2. The molecule has 0 radical (unpaired) electrons. The second-order valence-corrected chi connectivity index (χ2v) is 7.65. The predicted octanol–water partition coefficient (Wildman–Crippen LogP) is 3.35. The van der Waals surface area contributed by atoms with E-state index in [0.29, 0.717) is 0 Å². The Morgan fingerprint density at radius 2 is 1.79 bits per heavy atom. The first-order chi connectivity index (χ1) is 13.7. The van der Waals surface area contributed by atoms with Gasteiger partial charge in [0, 0.05) is 66.5 Å². The van der Waals surface area contributed by atoms with Crippen molar-refractivity contribution in [1.82, 2.24) is 9.80 Å². The molecule has 1 saturated heterocycles. The Morgan fingerprint density at radius 3 is 2.64 bits per heavy atom. The SMILES string of the molecule is CN1CCN(C(=O)c2ccc3c(c2)C=CC(=C2CNc4ccccc42)N3)CC1. The van der Waals surface area contributed by atoms with Gasteiger partial charge < -0.3 is 20.4 Å². The summed E-state index contributed by atoms with van der Waals surface area (Å²) >= 11 is 0. The summed E-state index contributed by atoms with van der Waals surface area (Å²) in [7, 11) is 2.10. The van der Waals surface area contributed by atoms with Gasteiger partial charge in [-0.1, -0.05) is 24.3 Å². The van der Waals surface area contributed by atoms with E-state index in [-0.39, 0.29) is 5.91 Å². The van der Waals surface area contributed by atoms with Gasteiger partial charge in [0.1, 0.15) is 0 Å². The molecule has 2 aromatic rings. The van der Waals surface area contributed by atoms with E-state index in [0.717, 1.165) is 55.2 Å². The molecule has 3 heterocycles. The molecule has 2 aromatic carbocycles. The molecular formula is C23H24N4O. The van der Waals surface area contributed by atoms with E-state index >= 15 is 0 Å². The monoisotopic (exact) mass is 372 g/mol. The number of carbonyl (C=O) groups is 1. The van der Waals surface area contributed by atoms with Gasteiger partial charge in [0.25, 0.3) is 5.91 Å². The first-order valence-electron chi connectivity index (χ1n) is 9.82. The van der Waals surface area contributed by atoms with Crippen molar-refractivity contribution in [2.75, 3.05) is 50.4 Å². The summed E-state index contributed by atoms with van der Waals surface area (Å²) in [6.45, 7) is 4.28. The molecule has 0 saturated carbocycles. The lowest BCUT2D eigenvalue weighted by molar-refractivity contribution is 0.0664. The summed E-state index contributed by atoms with van der Waals surface area (Å²) in [6, 6.07) is 14.4. The third kappa shape index (κ3) is 2.98. The van der Waals surface area contributed by atoms with Crippen molar-refractivity contribution in [3.63, 3.8) is 0 Å². The summed E-state index contributed by atoms with van der Waals surface area (Å²) in [4.78, 5) is 17.1. The molecule has 0 spiro atoms. The topological polar surface area (TPSA) is 47.6 Å². The Labute approximate surface area is 165 Å². The molecule has 3 aliphatic rings. The molecule has 142 valence electrons. The maximum absolute atomic E-state index is 12.8. The third-order valence-corrected chi connectivity index (χ3v) is 5.82. The smallest absolute Gasteiger partial charge is 0.253 e. The summed E-state index contributed by atoms with van der Waals surface area (Å²) < 4.78 is 0. The molecule has 0 aliphatic carbocycles. The highest BCUT2D eigenvalue weighted by molar-refractivity contribution is 5.97. The van der Waals surface area contributed by atoms with E-state index in [1.165, 1.54) is 16.8 Å². The van der Waals surface area contributed by atoms with E-state index in [1.807, 2.05) is 23.1 Å². The van der Waals surface area contributed by atoms with Gasteiger partial charge in [-0.2, -0.15) is 0 Å². The molecular weight excluding hydrogens is 348 g/mol. The van der Waals surface area contributed by atoms with Crippen LogP contribution in [0.5, 0.6) is 0 Å². The lowest BCUT2D eigenvalue weighted by Gasteiger charge is -2.32. The van der Waals surface area contributed by atoms with Crippen molar-refractivity contribution in [3.8, 4) is 0 Å². The number of rotatable bonds is 1. The number of para-hydroxylation sites is 1. The van der Waals surface area contributed by atoms with Crippen molar-refractivity contribution in [2.45, 2.75) is 0 Å². The first kappa shape index (κ1) is 17.1. The Balaban J connectivity index is 1.40. The van der Waals surface area contributed by atoms with Gasteiger partial charge in [0.05, 0.1) is 0 Å². The zero-order chi connectivity index (χ0) is 19.1. The van der Waals surface area contributed by atoms with Crippen LogP contribution in [-0.4, -0.2) is 55.5 Å². The van der Waals surface area contributed by atoms with E-state index in [1.54, 1.807) is 0 Å². The minimum atomic E-state index is 0.127. The summed E-state index contributed by atoms with van der Waals surface area (Å²) in [5.41, 5.74) is 7.68. The van der Waals surface area contributed by atoms with E-state index < -0.39 is 0 Å². The van der Waals surface area contributed by atoms with Crippen LogP contribution < -0.4 is 10.6 Å². The van der Waals surface area contributed by atoms with Gasteiger partial charge in [0.2, 0.25) is 0 Å². The lowest BCUT2D eigenvalue weighted by Crippen LogP contribution is -2.47. The Hall–Kier alpha value is -3.05. The van der Waals surface area contributed by atoms with Crippen molar-refractivity contribution >= 4 is 28.9 Å². The number of fused-ring (bicyclic) bond motifs is 2. The van der Waals surface area contributed by atoms with Crippen LogP contribution in [-0.2, 0) is 0 Å². The normalized spacial score (nSPS) is 21.0. The number of nitrogens with one attached hydrogen (secondary N) is 2. The number of allylic oxidation sites excluding steroid dienone is 1. The molecule has 1 fully saturated rings. The third-order valence-electron chi connectivity index (χ3n) is 5.82. The van der Waals surface area contributed by atoms with Crippen molar-refractivity contribution in [2.24, 2.45) is 0 Å². The van der Waals surface area contributed by atoms with Gasteiger partial charge >= 0.3 is 0 Å². The zero-order valence-corrected chi connectivity index (χ0v) is 16.0. The molecule has 0 atom stereocenters. The second-order valence-electron chi connectivity index (χ2n) is 7.65. The van der Waals surface area contributed by atoms with Crippen LogP contribution >= 0.6 is 0 Å². The zero-order valence-electron chi connectivity index (χ0n) is 16.0. The number of piperazine rings is 1. The Morgan fingerprint density at radius 1 is 0.964 bits per heavy atom. The largest absolute Gasteiger partial charge is 0.380 e. The number of carbonyl (C=O) groups excluding carboxylic acids is 1. The summed E-state index contributed by atoms with van der Waals surface area (Å²) in [5.74, 6) is 0.127. The van der Waals surface area contributed by atoms with Gasteiger partial charge in [-0.25, -0.2) is 0 Å². The molecule has 0 unspecified atom stereocenters. The van der Waals surface area contributed by atoms with Gasteiger partial charge in [-0.05, 0) is 43.0 Å². The fourth-order valence-corrected chi connectivity index (χ4v) is 4.10. The van der Waals surface area contributed by atoms with Crippen LogP contribution in [0.3, 0.4) is 0 Å². The van der Waals surface area contributed by atoms with Crippen molar-refractivity contribution in [1.29, 1.82) is 0 Å². The molecule has 2 N–H and O–H groups in total. The first-order valence-corrected chi connectivity index (χ1v) is 9.82. The average molecular weight is 372 g/mol. The number of likely N-dealkylation sites (N-methyl/N-ethyl adjacent to an activating group) is 1. The molecule has 28 heavy (non-hydrogen) atoms. The van der Waals surface area contributed by atoms with Crippen LogP contribution in [0.2, 0.25) is 0 Å². The maximum atomic E-state index is 12.8. The maximum Gasteiger partial charge on any atom is 0.253 e. The molecule has 3 aliphatic heterocycles. The molecule has 0 bridgehead atoms. The molecule has 0 aromatic heterocycles. The van der Waals surface area contributed by atoms with Crippen molar-refractivity contribution < 1.29 is 4.79 Å². The highest BCUT2D eigenvalue weighted by Crippen LogP contribution is 2.36. The number of hydrogen-bond donors (Lipinski definition) is 2. The highest BCUT2D eigenvalue weighted by Gasteiger charge is 2.23. The second kappa shape index (κ2) is 6.84. The van der Waals surface area contributed by atoms with E-state index in [2.05, 4.69) is 59.0 Å². The number of benzene rings is 2. The number of nitrogens with zero attached hydrogens (tertiary/aromatic N) is 2. The summed E-state index contributed by atoms with van der Waals surface area (Å²) in [6.07, 6.45) is 4.22. The van der Waals surface area contributed by atoms with Crippen LogP contribution in [0.25, 0.3) is 11.6 Å². The van der Waals surface area contributed by atoms with Gasteiger partial charge in [-0.15, -0.1) is 0 Å². The fourth-order valence-electron chi connectivity index (χ4n) is 4.10. The molecule has 5 nitrogen and oxygen atoms in total. The van der Waals surface area contributed by atoms with Gasteiger partial charge in [-0.3, -0.25) is 4.79 Å². The van der Waals surface area contributed by atoms with Crippen LogP contribution in [0.1, 0.15) is 21.5 Å². The lowest BCUT2D eigenvalue weighted by atomic mass is 9.99. The number of anilines is 2.